The number of halogens is 3. The third-order valence-electron chi connectivity index (χ3n) is 3.29. The third kappa shape index (κ3) is 5.17. The van der Waals surface area contributed by atoms with Gasteiger partial charge in [-0.3, -0.25) is 14.9 Å². The van der Waals surface area contributed by atoms with Gasteiger partial charge in [0.05, 0.1) is 16.1 Å². The third-order valence-corrected chi connectivity index (χ3v) is 3.29. The molecule has 11 heteroatoms. The molecule has 0 atom stereocenters. The van der Waals surface area contributed by atoms with Crippen LogP contribution in [0.1, 0.15) is 15.9 Å². The first kappa shape index (κ1) is 19.7. The standard InChI is InChI=1S/C16H12F3N3O5/c17-16(18,19)10-2-4-11(5-3-10)21-14(23)8-27-15(24)9-1-6-12(20)13(7-9)22(25)26/h1-7H,8,20H2,(H,21,23). The predicted molar refractivity (Wildman–Crippen MR) is 87.9 cm³/mol. The number of nitrogen functional groups attached to an aromatic ring is 1. The highest BCUT2D eigenvalue weighted by Crippen LogP contribution is 2.29. The molecule has 1 amide bonds. The number of alkyl halides is 3. The van der Waals surface area contributed by atoms with Gasteiger partial charge in [-0.25, -0.2) is 4.79 Å². The summed E-state index contributed by atoms with van der Waals surface area (Å²) < 4.78 is 42.1. The zero-order chi connectivity index (χ0) is 20.2. The Labute approximate surface area is 149 Å². The summed E-state index contributed by atoms with van der Waals surface area (Å²) in [6, 6.07) is 6.92. The molecule has 0 saturated carbocycles. The van der Waals surface area contributed by atoms with Crippen molar-refractivity contribution in [2.24, 2.45) is 0 Å². The van der Waals surface area contributed by atoms with E-state index >= 15 is 0 Å². The number of esters is 1. The van der Waals surface area contributed by atoms with E-state index in [2.05, 4.69) is 5.32 Å². The molecule has 0 saturated heterocycles. The molecule has 0 spiro atoms. The lowest BCUT2D eigenvalue weighted by Gasteiger charge is -2.09. The molecule has 27 heavy (non-hydrogen) atoms. The first-order valence-electron chi connectivity index (χ1n) is 7.26. The van der Waals surface area contributed by atoms with Gasteiger partial charge in [0.15, 0.2) is 6.61 Å². The van der Waals surface area contributed by atoms with E-state index in [0.29, 0.717) is 0 Å². The van der Waals surface area contributed by atoms with Crippen LogP contribution in [0.5, 0.6) is 0 Å². The Balaban J connectivity index is 1.94. The lowest BCUT2D eigenvalue weighted by molar-refractivity contribution is -0.383. The first-order chi connectivity index (χ1) is 12.6. The van der Waals surface area contributed by atoms with Crippen molar-refractivity contribution in [1.82, 2.24) is 0 Å². The SMILES string of the molecule is Nc1ccc(C(=O)OCC(=O)Nc2ccc(C(F)(F)F)cc2)cc1[N+](=O)[O-]. The van der Waals surface area contributed by atoms with Gasteiger partial charge in [0, 0.05) is 11.8 Å². The minimum absolute atomic E-state index is 0.0761. The highest BCUT2D eigenvalue weighted by molar-refractivity contribution is 5.96. The van der Waals surface area contributed by atoms with Crippen LogP contribution in [0.25, 0.3) is 0 Å². The van der Waals surface area contributed by atoms with Crippen LogP contribution in [0.4, 0.5) is 30.2 Å². The number of ether oxygens (including phenoxy) is 1. The highest BCUT2D eigenvalue weighted by atomic mass is 19.4. The monoisotopic (exact) mass is 383 g/mol. The van der Waals surface area contributed by atoms with Crippen LogP contribution in [-0.2, 0) is 15.7 Å². The Hall–Kier alpha value is -3.63. The van der Waals surface area contributed by atoms with Crippen molar-refractivity contribution in [2.45, 2.75) is 6.18 Å². The van der Waals surface area contributed by atoms with E-state index in [0.717, 1.165) is 36.4 Å². The van der Waals surface area contributed by atoms with Crippen LogP contribution in [0.2, 0.25) is 0 Å². The van der Waals surface area contributed by atoms with Crippen molar-refractivity contribution < 1.29 is 32.4 Å². The fourth-order valence-corrected chi connectivity index (χ4v) is 1.98. The number of carbonyl (C=O) groups is 2. The number of hydrogen-bond acceptors (Lipinski definition) is 6. The molecule has 2 aromatic rings. The van der Waals surface area contributed by atoms with Crippen LogP contribution >= 0.6 is 0 Å². The topological polar surface area (TPSA) is 125 Å². The molecule has 0 aliphatic carbocycles. The molecular formula is C16H12F3N3O5. The van der Waals surface area contributed by atoms with E-state index in [1.165, 1.54) is 6.07 Å². The number of rotatable bonds is 5. The molecule has 0 aromatic heterocycles. The van der Waals surface area contributed by atoms with Crippen molar-refractivity contribution in [3.8, 4) is 0 Å². The van der Waals surface area contributed by atoms with Gasteiger partial charge in [-0.2, -0.15) is 13.2 Å². The minimum atomic E-state index is -4.50. The summed E-state index contributed by atoms with van der Waals surface area (Å²) in [4.78, 5) is 33.6. The smallest absolute Gasteiger partial charge is 0.416 e. The zero-order valence-electron chi connectivity index (χ0n) is 13.4. The second-order valence-corrected chi connectivity index (χ2v) is 5.23. The molecular weight excluding hydrogens is 371 g/mol. The number of nitrogens with one attached hydrogen (secondary N) is 1. The van der Waals surface area contributed by atoms with Crippen LogP contribution in [-0.4, -0.2) is 23.4 Å². The minimum Gasteiger partial charge on any atom is -0.452 e. The van der Waals surface area contributed by atoms with E-state index in [1.807, 2.05) is 0 Å². The summed E-state index contributed by atoms with van der Waals surface area (Å²) in [6.07, 6.45) is -4.50. The van der Waals surface area contributed by atoms with E-state index < -0.39 is 40.8 Å². The summed E-state index contributed by atoms with van der Waals surface area (Å²) in [5, 5.41) is 13.0. The quantitative estimate of drug-likeness (QED) is 0.354. The largest absolute Gasteiger partial charge is 0.452 e. The van der Waals surface area contributed by atoms with Gasteiger partial charge in [0.1, 0.15) is 5.69 Å². The second kappa shape index (κ2) is 7.72. The van der Waals surface area contributed by atoms with Crippen molar-refractivity contribution in [2.75, 3.05) is 17.7 Å². The molecule has 2 aromatic carbocycles. The predicted octanol–water partition coefficient (Wildman–Crippen LogP) is 2.99. The molecule has 0 heterocycles. The lowest BCUT2D eigenvalue weighted by Crippen LogP contribution is -2.21. The summed E-state index contributed by atoms with van der Waals surface area (Å²) in [5.74, 6) is -1.80. The number of nitro groups is 1. The average molecular weight is 383 g/mol. The van der Waals surface area contributed by atoms with Crippen molar-refractivity contribution >= 4 is 28.9 Å². The Morgan fingerprint density at radius 2 is 1.78 bits per heavy atom. The Morgan fingerprint density at radius 3 is 2.33 bits per heavy atom. The van der Waals surface area contributed by atoms with Crippen LogP contribution in [0.3, 0.4) is 0 Å². The molecule has 0 fully saturated rings. The molecule has 0 unspecified atom stereocenters. The zero-order valence-corrected chi connectivity index (χ0v) is 13.4. The van der Waals surface area contributed by atoms with Crippen LogP contribution < -0.4 is 11.1 Å². The number of hydrogen-bond donors (Lipinski definition) is 2. The Bertz CT molecular complexity index is 882. The van der Waals surface area contributed by atoms with E-state index in [-0.39, 0.29) is 16.9 Å². The number of benzene rings is 2. The highest BCUT2D eigenvalue weighted by Gasteiger charge is 2.30. The number of carbonyl (C=O) groups excluding carboxylic acids is 2. The maximum absolute atomic E-state index is 12.5. The molecule has 142 valence electrons. The van der Waals surface area contributed by atoms with Crippen molar-refractivity contribution in [1.29, 1.82) is 0 Å². The van der Waals surface area contributed by atoms with Crippen LogP contribution in [0.15, 0.2) is 42.5 Å². The van der Waals surface area contributed by atoms with Gasteiger partial charge in [0.2, 0.25) is 0 Å². The fraction of sp³-hybridized carbons (Fsp3) is 0.125. The van der Waals surface area contributed by atoms with Gasteiger partial charge in [-0.1, -0.05) is 0 Å². The van der Waals surface area contributed by atoms with Gasteiger partial charge in [-0.15, -0.1) is 0 Å². The number of amides is 1. The van der Waals surface area contributed by atoms with Gasteiger partial charge in [0.25, 0.3) is 11.6 Å². The second-order valence-electron chi connectivity index (χ2n) is 5.23. The summed E-state index contributed by atoms with van der Waals surface area (Å²) >= 11 is 0. The molecule has 3 N–H and O–H groups in total. The Morgan fingerprint density at radius 1 is 1.15 bits per heavy atom. The lowest BCUT2D eigenvalue weighted by atomic mass is 10.2. The number of nitrogens with zero attached hydrogens (tertiary/aromatic N) is 1. The first-order valence-corrected chi connectivity index (χ1v) is 7.26. The fourth-order valence-electron chi connectivity index (χ4n) is 1.98. The van der Waals surface area contributed by atoms with E-state index in [4.69, 9.17) is 10.5 Å². The maximum Gasteiger partial charge on any atom is 0.416 e. The van der Waals surface area contributed by atoms with E-state index in [9.17, 15) is 32.9 Å². The molecule has 0 bridgehead atoms. The average Bonchev–Trinajstić information content (AvgIpc) is 2.59. The van der Waals surface area contributed by atoms with Crippen molar-refractivity contribution in [3.05, 3.63) is 63.7 Å². The molecule has 0 radical (unpaired) electrons. The molecule has 2 rings (SSSR count). The Kier molecular flexibility index (Phi) is 5.63. The van der Waals surface area contributed by atoms with E-state index in [1.54, 1.807) is 0 Å². The molecule has 0 aliphatic heterocycles. The number of nitro benzene ring substituents is 1. The van der Waals surface area contributed by atoms with Crippen molar-refractivity contribution in [3.63, 3.8) is 0 Å². The molecule has 8 nitrogen and oxygen atoms in total. The van der Waals surface area contributed by atoms with Crippen LogP contribution in [0, 0.1) is 10.1 Å². The number of anilines is 2. The van der Waals surface area contributed by atoms with Gasteiger partial charge in [-0.05, 0) is 36.4 Å². The summed E-state index contributed by atoms with van der Waals surface area (Å²) in [7, 11) is 0. The number of nitrogens with two attached hydrogens (primary N) is 1. The van der Waals surface area contributed by atoms with Gasteiger partial charge >= 0.3 is 12.1 Å². The van der Waals surface area contributed by atoms with Gasteiger partial charge < -0.3 is 15.8 Å². The maximum atomic E-state index is 12.5. The normalized spacial score (nSPS) is 10.9. The summed E-state index contributed by atoms with van der Waals surface area (Å²) in [5.41, 5.74) is 3.79. The molecule has 0 aliphatic rings. The summed E-state index contributed by atoms with van der Waals surface area (Å²) in [6.45, 7) is -0.738.